The van der Waals surface area contributed by atoms with Gasteiger partial charge in [0.05, 0.1) is 23.9 Å². The summed E-state index contributed by atoms with van der Waals surface area (Å²) in [5.74, 6) is -0.824. The minimum atomic E-state index is -4.60. The topological polar surface area (TPSA) is 70.3 Å². The van der Waals surface area contributed by atoms with E-state index in [-0.39, 0.29) is 23.5 Å². The van der Waals surface area contributed by atoms with E-state index >= 15 is 0 Å². The van der Waals surface area contributed by atoms with E-state index in [1.165, 1.54) is 19.9 Å². The Morgan fingerprint density at radius 1 is 1.30 bits per heavy atom. The highest BCUT2D eigenvalue weighted by atomic mass is 32.1. The van der Waals surface area contributed by atoms with E-state index < -0.39 is 34.2 Å². The summed E-state index contributed by atoms with van der Waals surface area (Å²) < 4.78 is 45.5. The van der Waals surface area contributed by atoms with Crippen molar-refractivity contribution >= 4 is 18.6 Å². The zero-order valence-electron chi connectivity index (χ0n) is 14.7. The van der Waals surface area contributed by atoms with Crippen LogP contribution in [0.15, 0.2) is 33.9 Å². The molecule has 0 fully saturated rings. The molecule has 0 spiro atoms. The molecule has 1 aromatic heterocycles. The Morgan fingerprint density at radius 2 is 1.93 bits per heavy atom. The van der Waals surface area contributed by atoms with Gasteiger partial charge in [-0.1, -0.05) is 6.07 Å². The number of esters is 1. The number of ether oxygens (including phenoxy) is 1. The summed E-state index contributed by atoms with van der Waals surface area (Å²) in [5, 5.41) is -1.29. The Balaban J connectivity index is 2.88. The van der Waals surface area contributed by atoms with Crippen LogP contribution in [-0.2, 0) is 22.3 Å². The molecule has 0 saturated carbocycles. The number of thiol groups is 1. The first-order chi connectivity index (χ1) is 12.5. The number of halogens is 3. The SMILES string of the molecule is CCn1c(=O)c(C(S)C(=O)OC)c(C)n(-c2cccc(C(F)(F)F)c2)c1=O. The fourth-order valence-corrected chi connectivity index (χ4v) is 3.12. The van der Waals surface area contributed by atoms with Crippen molar-refractivity contribution in [1.29, 1.82) is 0 Å². The first-order valence-electron chi connectivity index (χ1n) is 7.84. The van der Waals surface area contributed by atoms with Gasteiger partial charge in [0.25, 0.3) is 5.56 Å². The number of hydrogen-bond donors (Lipinski definition) is 1. The van der Waals surface area contributed by atoms with E-state index in [9.17, 15) is 27.6 Å². The second kappa shape index (κ2) is 7.63. The van der Waals surface area contributed by atoms with Crippen molar-refractivity contribution in [3.05, 3.63) is 61.9 Å². The molecule has 27 heavy (non-hydrogen) atoms. The van der Waals surface area contributed by atoms with E-state index in [0.29, 0.717) is 0 Å². The first kappa shape index (κ1) is 20.8. The molecule has 1 atom stereocenters. The highest BCUT2D eigenvalue weighted by Crippen LogP contribution is 2.30. The van der Waals surface area contributed by atoms with Crippen molar-refractivity contribution < 1.29 is 22.7 Å². The molecule has 0 saturated heterocycles. The maximum absolute atomic E-state index is 13.0. The van der Waals surface area contributed by atoms with Crippen LogP contribution in [0.2, 0.25) is 0 Å². The lowest BCUT2D eigenvalue weighted by Crippen LogP contribution is -2.43. The molecule has 6 nitrogen and oxygen atoms in total. The fraction of sp³-hybridized carbons (Fsp3) is 0.353. The Bertz CT molecular complexity index is 995. The molecule has 0 bridgehead atoms. The molecule has 1 unspecified atom stereocenters. The third-order valence-corrected chi connectivity index (χ3v) is 4.54. The van der Waals surface area contributed by atoms with Crippen molar-refractivity contribution in [2.75, 3.05) is 7.11 Å². The number of alkyl halides is 3. The number of hydrogen-bond acceptors (Lipinski definition) is 5. The maximum Gasteiger partial charge on any atom is 0.416 e. The van der Waals surface area contributed by atoms with Gasteiger partial charge in [-0.2, -0.15) is 25.8 Å². The second-order valence-electron chi connectivity index (χ2n) is 5.64. The monoisotopic (exact) mass is 402 g/mol. The average Bonchev–Trinajstić information content (AvgIpc) is 2.60. The van der Waals surface area contributed by atoms with E-state index in [4.69, 9.17) is 0 Å². The van der Waals surface area contributed by atoms with Gasteiger partial charge in [0.15, 0.2) is 0 Å². The average molecular weight is 402 g/mol. The van der Waals surface area contributed by atoms with Crippen LogP contribution in [-0.4, -0.2) is 22.2 Å². The second-order valence-corrected chi connectivity index (χ2v) is 6.16. The van der Waals surface area contributed by atoms with Crippen LogP contribution in [0.4, 0.5) is 13.2 Å². The molecular weight excluding hydrogens is 385 g/mol. The minimum absolute atomic E-state index is 0.0134. The summed E-state index contributed by atoms with van der Waals surface area (Å²) in [5.41, 5.74) is -2.70. The van der Waals surface area contributed by atoms with Gasteiger partial charge in [0, 0.05) is 12.2 Å². The van der Waals surface area contributed by atoms with Gasteiger partial charge in [-0.15, -0.1) is 0 Å². The van der Waals surface area contributed by atoms with Crippen LogP contribution >= 0.6 is 12.6 Å². The molecule has 10 heteroatoms. The summed E-state index contributed by atoms with van der Waals surface area (Å²) in [6.45, 7) is 2.86. The molecule has 0 aliphatic carbocycles. The highest BCUT2D eigenvalue weighted by Gasteiger charge is 2.31. The number of aromatic nitrogens is 2. The molecule has 0 radical (unpaired) electrons. The lowest BCUT2D eigenvalue weighted by atomic mass is 10.1. The van der Waals surface area contributed by atoms with Gasteiger partial charge >= 0.3 is 17.8 Å². The third-order valence-electron chi connectivity index (χ3n) is 4.07. The van der Waals surface area contributed by atoms with Gasteiger partial charge < -0.3 is 4.74 Å². The Labute approximate surface area is 157 Å². The van der Waals surface area contributed by atoms with Crippen LogP contribution in [0.5, 0.6) is 0 Å². The number of rotatable bonds is 4. The molecule has 1 heterocycles. The zero-order valence-corrected chi connectivity index (χ0v) is 15.6. The fourth-order valence-electron chi connectivity index (χ4n) is 2.72. The first-order valence-corrected chi connectivity index (χ1v) is 8.36. The lowest BCUT2D eigenvalue weighted by Gasteiger charge is -2.19. The highest BCUT2D eigenvalue weighted by molar-refractivity contribution is 7.81. The minimum Gasteiger partial charge on any atom is -0.468 e. The largest absolute Gasteiger partial charge is 0.468 e. The van der Waals surface area contributed by atoms with Crippen LogP contribution in [0, 0.1) is 6.92 Å². The number of nitrogens with zero attached hydrogens (tertiary/aromatic N) is 2. The summed E-state index contributed by atoms with van der Waals surface area (Å²) >= 11 is 4.10. The molecule has 0 aliphatic rings. The van der Waals surface area contributed by atoms with Crippen molar-refractivity contribution in [2.24, 2.45) is 0 Å². The number of carbonyl (C=O) groups excluding carboxylic acids is 1. The van der Waals surface area contributed by atoms with E-state index in [2.05, 4.69) is 17.4 Å². The van der Waals surface area contributed by atoms with Crippen molar-refractivity contribution in [3.8, 4) is 5.69 Å². The summed E-state index contributed by atoms with van der Waals surface area (Å²) in [6.07, 6.45) is -4.60. The van der Waals surface area contributed by atoms with Gasteiger partial charge in [-0.05, 0) is 32.0 Å². The van der Waals surface area contributed by atoms with Gasteiger partial charge in [0.2, 0.25) is 0 Å². The molecule has 1 aromatic carbocycles. The summed E-state index contributed by atoms with van der Waals surface area (Å²) in [4.78, 5) is 37.2. The Hall–Kier alpha value is -2.49. The molecule has 2 rings (SSSR count). The van der Waals surface area contributed by atoms with E-state index in [1.54, 1.807) is 0 Å². The normalized spacial score (nSPS) is 12.7. The van der Waals surface area contributed by atoms with Crippen LogP contribution < -0.4 is 11.2 Å². The van der Waals surface area contributed by atoms with E-state index in [1.807, 2.05) is 0 Å². The third kappa shape index (κ3) is 3.80. The number of methoxy groups -OCH3 is 1. The predicted octanol–water partition coefficient (Wildman–Crippen LogP) is 2.49. The van der Waals surface area contributed by atoms with Crippen LogP contribution in [0.3, 0.4) is 0 Å². The van der Waals surface area contributed by atoms with Crippen molar-refractivity contribution in [1.82, 2.24) is 9.13 Å². The van der Waals surface area contributed by atoms with Crippen molar-refractivity contribution in [3.63, 3.8) is 0 Å². The van der Waals surface area contributed by atoms with Crippen molar-refractivity contribution in [2.45, 2.75) is 31.8 Å². The molecule has 0 N–H and O–H groups in total. The van der Waals surface area contributed by atoms with Gasteiger partial charge in [-0.25, -0.2) is 4.79 Å². The van der Waals surface area contributed by atoms with Gasteiger partial charge in [-0.3, -0.25) is 18.7 Å². The van der Waals surface area contributed by atoms with Crippen LogP contribution in [0.25, 0.3) is 5.69 Å². The van der Waals surface area contributed by atoms with Crippen LogP contribution in [0.1, 0.15) is 29.0 Å². The molecular formula is C17H17F3N2O4S. The maximum atomic E-state index is 13.0. The van der Waals surface area contributed by atoms with Gasteiger partial charge in [0.1, 0.15) is 5.25 Å². The summed E-state index contributed by atoms with van der Waals surface area (Å²) in [7, 11) is 1.11. The standard InChI is InChI=1S/C17H17F3N2O4S/c1-4-21-14(23)12(13(27)15(24)26-3)9(2)22(16(21)25)11-7-5-6-10(8-11)17(18,19)20/h5-8,13,27H,4H2,1-3H3. The zero-order chi connectivity index (χ0) is 20.5. The molecule has 2 aromatic rings. The van der Waals surface area contributed by atoms with E-state index in [0.717, 1.165) is 34.4 Å². The lowest BCUT2D eigenvalue weighted by molar-refractivity contribution is -0.140. The summed E-state index contributed by atoms with van der Waals surface area (Å²) in [6, 6.07) is 4.14. The molecule has 0 amide bonds. The smallest absolute Gasteiger partial charge is 0.416 e. The number of benzene rings is 1. The number of carbonyl (C=O) groups is 1. The Kier molecular flexibility index (Phi) is 5.88. The molecule has 0 aliphatic heterocycles. The predicted molar refractivity (Wildman–Crippen MR) is 95.5 cm³/mol. The quantitative estimate of drug-likeness (QED) is 0.630. The molecule has 146 valence electrons. The Morgan fingerprint density at radius 3 is 2.44 bits per heavy atom.